The molecule has 2 aliphatic rings. The second-order valence-corrected chi connectivity index (χ2v) is 16.3. The molecule has 1 unspecified atom stereocenters. The van der Waals surface area contributed by atoms with Crippen LogP contribution in [-0.4, -0.2) is 43.5 Å². The molecule has 3 heteroatoms. The smallest absolute Gasteiger partial charge is 0.168 e. The van der Waals surface area contributed by atoms with Crippen molar-refractivity contribution in [3.63, 3.8) is 0 Å². The molecule has 0 N–H and O–H groups in total. The topological polar surface area (TPSA) is 21.7 Å². The van der Waals surface area contributed by atoms with Crippen LogP contribution in [0.4, 0.5) is 0 Å². The number of hydrogen-bond donors (Lipinski definition) is 0. The van der Waals surface area contributed by atoms with Crippen LogP contribution in [0.1, 0.15) is 200 Å². The lowest BCUT2D eigenvalue weighted by atomic mass is 9.98. The van der Waals surface area contributed by atoms with E-state index < -0.39 is 0 Å². The molecular formula is C51H87NO2. The average Bonchev–Trinajstić information content (AvgIpc) is 3.57. The Balaban J connectivity index is 1.66. The molecule has 1 aliphatic carbocycles. The van der Waals surface area contributed by atoms with Crippen molar-refractivity contribution in [1.82, 2.24) is 4.90 Å². The van der Waals surface area contributed by atoms with Gasteiger partial charge in [-0.1, -0.05) is 170 Å². The quantitative estimate of drug-likeness (QED) is 0.0476. The standard InChI is InChI=1S/C51H87NO2/c1-4-6-8-10-12-14-16-18-20-22-24-26-28-30-35-39-44-51(45-40-36-31-29-27-25-23-21-19-17-15-13-11-9-7-5-2)53-48-50(54-51)43-46-52(3)47-49-41-37-33-32-34-38-42-49/h12-15,18-21,33,37-38,41-42,50H,4-11,16-17,22-32,34-36,39-40,43-48H2,1-3H3/b14-12-,15-13-,20-18-,21-19-,37-33-,42-38-,49-41+. The third-order valence-corrected chi connectivity index (χ3v) is 11.0. The fourth-order valence-electron chi connectivity index (χ4n) is 7.54. The number of nitrogens with zero attached hydrogens (tertiary/aromatic N) is 1. The summed E-state index contributed by atoms with van der Waals surface area (Å²) in [6, 6.07) is 0. The summed E-state index contributed by atoms with van der Waals surface area (Å²) in [5, 5.41) is 0. The summed E-state index contributed by atoms with van der Waals surface area (Å²) in [5.41, 5.74) is 1.39. The molecule has 1 atom stereocenters. The summed E-state index contributed by atoms with van der Waals surface area (Å²) in [6.45, 7) is 7.32. The van der Waals surface area contributed by atoms with E-state index in [2.05, 4.69) is 105 Å². The Morgan fingerprint density at radius 1 is 0.611 bits per heavy atom. The highest BCUT2D eigenvalue weighted by Gasteiger charge is 2.40. The van der Waals surface area contributed by atoms with Crippen molar-refractivity contribution in [2.45, 2.75) is 212 Å². The first-order valence-corrected chi connectivity index (χ1v) is 23.3. The minimum absolute atomic E-state index is 0.211. The van der Waals surface area contributed by atoms with Crippen molar-refractivity contribution in [3.05, 3.63) is 84.6 Å². The fourth-order valence-corrected chi connectivity index (χ4v) is 7.54. The first-order chi connectivity index (χ1) is 26.7. The molecule has 0 bridgehead atoms. The van der Waals surface area contributed by atoms with Crippen molar-refractivity contribution in [1.29, 1.82) is 0 Å². The van der Waals surface area contributed by atoms with Crippen LogP contribution in [0.25, 0.3) is 0 Å². The predicted octanol–water partition coefficient (Wildman–Crippen LogP) is 15.7. The Morgan fingerprint density at radius 3 is 1.63 bits per heavy atom. The first kappa shape index (κ1) is 48.2. The number of allylic oxidation sites excluding steroid dienone is 12. The molecular weight excluding hydrogens is 659 g/mol. The molecule has 0 aromatic carbocycles. The van der Waals surface area contributed by atoms with Gasteiger partial charge < -0.3 is 14.4 Å². The second kappa shape index (κ2) is 35.5. The van der Waals surface area contributed by atoms with Gasteiger partial charge in [-0.05, 0) is 109 Å². The van der Waals surface area contributed by atoms with Crippen LogP contribution in [-0.2, 0) is 9.47 Å². The minimum Gasteiger partial charge on any atom is -0.347 e. The Bertz CT molecular complexity index is 1010. The predicted molar refractivity (Wildman–Crippen MR) is 239 cm³/mol. The Kier molecular flexibility index (Phi) is 31.7. The number of hydrogen-bond acceptors (Lipinski definition) is 3. The highest BCUT2D eigenvalue weighted by Crippen LogP contribution is 2.35. The van der Waals surface area contributed by atoms with Crippen molar-refractivity contribution in [2.75, 3.05) is 26.7 Å². The van der Waals surface area contributed by atoms with Crippen molar-refractivity contribution in [2.24, 2.45) is 0 Å². The summed E-state index contributed by atoms with van der Waals surface area (Å²) in [4.78, 5) is 2.44. The molecule has 3 nitrogen and oxygen atoms in total. The van der Waals surface area contributed by atoms with E-state index in [4.69, 9.17) is 9.47 Å². The molecule has 308 valence electrons. The molecule has 0 amide bonds. The Hall–Kier alpha value is -1.94. The third kappa shape index (κ3) is 27.6. The van der Waals surface area contributed by atoms with Crippen molar-refractivity contribution < 1.29 is 9.47 Å². The van der Waals surface area contributed by atoms with Crippen LogP contribution in [0.2, 0.25) is 0 Å². The maximum Gasteiger partial charge on any atom is 0.168 e. The first-order valence-electron chi connectivity index (χ1n) is 23.3. The molecule has 0 saturated carbocycles. The van der Waals surface area contributed by atoms with Gasteiger partial charge in [-0.25, -0.2) is 0 Å². The van der Waals surface area contributed by atoms with E-state index in [1.807, 2.05) is 0 Å². The minimum atomic E-state index is -0.358. The lowest BCUT2D eigenvalue weighted by molar-refractivity contribution is -0.180. The molecule has 1 saturated heterocycles. The molecule has 1 aliphatic heterocycles. The lowest BCUT2D eigenvalue weighted by Crippen LogP contribution is -2.32. The zero-order valence-electron chi connectivity index (χ0n) is 36.0. The van der Waals surface area contributed by atoms with Crippen LogP contribution in [0, 0.1) is 0 Å². The summed E-state index contributed by atoms with van der Waals surface area (Å²) in [6.07, 6.45) is 66.7. The summed E-state index contributed by atoms with van der Waals surface area (Å²) < 4.78 is 13.5. The highest BCUT2D eigenvalue weighted by atomic mass is 16.7. The van der Waals surface area contributed by atoms with Gasteiger partial charge in [-0.3, -0.25) is 0 Å². The largest absolute Gasteiger partial charge is 0.347 e. The summed E-state index contributed by atoms with van der Waals surface area (Å²) in [5.74, 6) is -0.358. The highest BCUT2D eigenvalue weighted by molar-refractivity contribution is 5.26. The average molecular weight is 746 g/mol. The maximum atomic E-state index is 6.86. The number of ether oxygens (including phenoxy) is 2. The van der Waals surface area contributed by atoms with Gasteiger partial charge in [0, 0.05) is 25.9 Å². The van der Waals surface area contributed by atoms with E-state index in [1.54, 1.807) is 0 Å². The maximum absolute atomic E-state index is 6.86. The van der Waals surface area contributed by atoms with E-state index in [-0.39, 0.29) is 11.9 Å². The van der Waals surface area contributed by atoms with Crippen LogP contribution >= 0.6 is 0 Å². The Labute approximate surface area is 336 Å². The van der Waals surface area contributed by atoms with E-state index >= 15 is 0 Å². The van der Waals surface area contributed by atoms with Gasteiger partial charge in [0.2, 0.25) is 0 Å². The molecule has 2 rings (SSSR count). The molecule has 1 heterocycles. The molecule has 0 aromatic heterocycles. The molecule has 0 spiro atoms. The second-order valence-electron chi connectivity index (χ2n) is 16.3. The fraction of sp³-hybridized carbons (Fsp3) is 0.725. The zero-order valence-corrected chi connectivity index (χ0v) is 36.0. The van der Waals surface area contributed by atoms with Crippen LogP contribution in [0.15, 0.2) is 84.6 Å². The Morgan fingerprint density at radius 2 is 1.09 bits per heavy atom. The molecule has 1 fully saturated rings. The van der Waals surface area contributed by atoms with Gasteiger partial charge in [-0.15, -0.1) is 0 Å². The normalized spacial score (nSPS) is 19.8. The molecule has 54 heavy (non-hydrogen) atoms. The molecule has 0 radical (unpaired) electrons. The van der Waals surface area contributed by atoms with Gasteiger partial charge in [0.05, 0.1) is 12.7 Å². The summed E-state index contributed by atoms with van der Waals surface area (Å²) >= 11 is 0. The SMILES string of the molecule is CCCCC/C=C\C/C=C\CCCCCCCCC1(CCCCCCCC/C=C\C/C=C\CCCCC)OCC(CCN(C)CC2=C/C=C\CC/C=C\2)O1. The van der Waals surface area contributed by atoms with E-state index in [9.17, 15) is 0 Å². The lowest BCUT2D eigenvalue weighted by Gasteiger charge is -2.29. The van der Waals surface area contributed by atoms with Gasteiger partial charge >= 0.3 is 0 Å². The van der Waals surface area contributed by atoms with Gasteiger partial charge in [-0.2, -0.15) is 0 Å². The van der Waals surface area contributed by atoms with Crippen molar-refractivity contribution in [3.8, 4) is 0 Å². The van der Waals surface area contributed by atoms with Crippen molar-refractivity contribution >= 4 is 0 Å². The van der Waals surface area contributed by atoms with Gasteiger partial charge in [0.25, 0.3) is 0 Å². The number of unbranched alkanes of at least 4 members (excludes halogenated alkanes) is 18. The van der Waals surface area contributed by atoms with E-state index in [0.29, 0.717) is 0 Å². The van der Waals surface area contributed by atoms with Crippen LogP contribution in [0.5, 0.6) is 0 Å². The monoisotopic (exact) mass is 746 g/mol. The third-order valence-electron chi connectivity index (χ3n) is 11.0. The van der Waals surface area contributed by atoms with Gasteiger partial charge in [0.15, 0.2) is 5.79 Å². The summed E-state index contributed by atoms with van der Waals surface area (Å²) in [7, 11) is 2.24. The van der Waals surface area contributed by atoms with Gasteiger partial charge in [0.1, 0.15) is 0 Å². The number of rotatable bonds is 35. The van der Waals surface area contributed by atoms with E-state index in [0.717, 1.165) is 64.6 Å². The van der Waals surface area contributed by atoms with Crippen LogP contribution in [0.3, 0.4) is 0 Å². The number of likely N-dealkylation sites (N-methyl/N-ethyl adjacent to an activating group) is 1. The van der Waals surface area contributed by atoms with E-state index in [1.165, 1.54) is 147 Å². The van der Waals surface area contributed by atoms with Crippen LogP contribution < -0.4 is 0 Å². The zero-order chi connectivity index (χ0) is 38.5. The molecule has 0 aromatic rings.